The lowest BCUT2D eigenvalue weighted by Crippen LogP contribution is -2.32. The van der Waals surface area contributed by atoms with Gasteiger partial charge in [-0.25, -0.2) is 5.84 Å². The number of hydrogen-bond donors (Lipinski definition) is 3. The number of carbonyl (C=O) groups is 2. The van der Waals surface area contributed by atoms with Crippen LogP contribution in [0.15, 0.2) is 60.4 Å². The summed E-state index contributed by atoms with van der Waals surface area (Å²) in [7, 11) is 1.54. The van der Waals surface area contributed by atoms with Gasteiger partial charge in [-0.3, -0.25) is 19.6 Å². The summed E-state index contributed by atoms with van der Waals surface area (Å²) in [4.78, 5) is 30.9. The predicted molar refractivity (Wildman–Crippen MR) is 177 cm³/mol. The van der Waals surface area contributed by atoms with E-state index in [4.69, 9.17) is 10.6 Å². The number of methoxy groups -OCH3 is 1. The molecule has 0 aliphatic rings. The van der Waals surface area contributed by atoms with Gasteiger partial charge >= 0.3 is 0 Å². The number of nitrogens with zero attached hydrogens (tertiary/aromatic N) is 2. The molecule has 0 radical (unpaired) electrons. The number of pyridine rings is 1. The Balaban J connectivity index is 1.95. The maximum atomic E-state index is 13.8. The molecular weight excluding hydrogens is 538 g/mol. The second-order valence-corrected chi connectivity index (χ2v) is 13.2. The topological polar surface area (TPSA) is 110 Å². The molecule has 0 spiro atoms. The van der Waals surface area contributed by atoms with Gasteiger partial charge in [0.1, 0.15) is 0 Å². The summed E-state index contributed by atoms with van der Waals surface area (Å²) in [6.07, 6.45) is 4.33. The van der Waals surface area contributed by atoms with E-state index in [-0.39, 0.29) is 22.6 Å². The van der Waals surface area contributed by atoms with E-state index in [9.17, 15) is 9.59 Å². The number of hydrogen-bond acceptors (Lipinski definition) is 6. The van der Waals surface area contributed by atoms with E-state index in [2.05, 4.69) is 64.1 Å². The Morgan fingerprint density at radius 1 is 1.02 bits per heavy atom. The van der Waals surface area contributed by atoms with Crippen molar-refractivity contribution in [1.82, 2.24) is 10.3 Å². The Morgan fingerprint density at radius 2 is 1.67 bits per heavy atom. The van der Waals surface area contributed by atoms with Gasteiger partial charge in [-0.05, 0) is 72.6 Å². The van der Waals surface area contributed by atoms with Crippen molar-refractivity contribution in [2.75, 3.05) is 24.0 Å². The van der Waals surface area contributed by atoms with Crippen molar-refractivity contribution in [2.45, 2.75) is 74.1 Å². The zero-order chi connectivity index (χ0) is 32.1. The Labute approximate surface area is 256 Å². The van der Waals surface area contributed by atoms with Gasteiger partial charge in [0.2, 0.25) is 0 Å². The van der Waals surface area contributed by atoms with Crippen LogP contribution in [-0.4, -0.2) is 30.5 Å². The number of benzene rings is 2. The quantitative estimate of drug-likeness (QED) is 0.178. The van der Waals surface area contributed by atoms with Crippen LogP contribution < -0.4 is 26.2 Å². The summed E-state index contributed by atoms with van der Waals surface area (Å²) in [5.74, 6) is 6.39. The smallest absolute Gasteiger partial charge is 0.259 e. The highest BCUT2D eigenvalue weighted by atomic mass is 16.5. The van der Waals surface area contributed by atoms with Crippen LogP contribution in [0.5, 0.6) is 5.75 Å². The molecule has 43 heavy (non-hydrogen) atoms. The van der Waals surface area contributed by atoms with Crippen molar-refractivity contribution in [1.29, 1.82) is 0 Å². The molecule has 230 valence electrons. The zero-order valence-corrected chi connectivity index (χ0v) is 27.3. The number of rotatable bonds is 9. The van der Waals surface area contributed by atoms with Gasteiger partial charge in [0.15, 0.2) is 5.75 Å². The minimum Gasteiger partial charge on any atom is -0.494 e. The lowest BCUT2D eigenvalue weighted by atomic mass is 9.85. The van der Waals surface area contributed by atoms with E-state index in [0.29, 0.717) is 34.8 Å². The first-order valence-electron chi connectivity index (χ1n) is 14.6. The average molecular weight is 586 g/mol. The van der Waals surface area contributed by atoms with Crippen molar-refractivity contribution in [2.24, 2.45) is 11.3 Å². The van der Waals surface area contributed by atoms with E-state index in [0.717, 1.165) is 34.4 Å². The molecule has 0 aliphatic heterocycles. The van der Waals surface area contributed by atoms with Crippen molar-refractivity contribution in [3.63, 3.8) is 0 Å². The third-order valence-electron chi connectivity index (χ3n) is 7.16. The third kappa shape index (κ3) is 8.67. The van der Waals surface area contributed by atoms with Crippen LogP contribution in [0.3, 0.4) is 0 Å². The summed E-state index contributed by atoms with van der Waals surface area (Å²) in [5, 5.41) is 7.50. The van der Waals surface area contributed by atoms with Gasteiger partial charge in [-0.1, -0.05) is 66.2 Å². The first-order chi connectivity index (χ1) is 20.0. The van der Waals surface area contributed by atoms with E-state index < -0.39 is 0 Å². The molecule has 0 aliphatic carbocycles. The fourth-order valence-corrected chi connectivity index (χ4v) is 4.36. The van der Waals surface area contributed by atoms with Gasteiger partial charge in [-0.2, -0.15) is 0 Å². The number of aromatic nitrogens is 1. The molecule has 8 heteroatoms. The third-order valence-corrected chi connectivity index (χ3v) is 7.16. The highest BCUT2D eigenvalue weighted by molar-refractivity contribution is 6.08. The number of anilines is 2. The Hall–Kier alpha value is -4.17. The Morgan fingerprint density at radius 3 is 2.23 bits per heavy atom. The number of nitrogens with two attached hydrogens (primary N) is 1. The van der Waals surface area contributed by atoms with Gasteiger partial charge in [0, 0.05) is 29.6 Å². The fourth-order valence-electron chi connectivity index (χ4n) is 4.36. The van der Waals surface area contributed by atoms with Crippen LogP contribution in [-0.2, 0) is 5.41 Å². The number of carbonyl (C=O) groups excluding carboxylic acids is 2. The number of hydrazine groups is 1. The number of nitrogens with one attached hydrogen (secondary N) is 2. The molecule has 0 bridgehead atoms. The number of amides is 2. The highest BCUT2D eigenvalue weighted by Gasteiger charge is 2.25. The van der Waals surface area contributed by atoms with Crippen molar-refractivity contribution in [3.05, 3.63) is 82.8 Å². The zero-order valence-electron chi connectivity index (χ0n) is 27.3. The van der Waals surface area contributed by atoms with Gasteiger partial charge < -0.3 is 15.4 Å². The molecule has 0 saturated carbocycles. The minimum absolute atomic E-state index is 0.00224. The van der Waals surface area contributed by atoms with Crippen LogP contribution in [0.25, 0.3) is 11.1 Å². The average Bonchev–Trinajstić information content (AvgIpc) is 2.95. The highest BCUT2D eigenvalue weighted by Crippen LogP contribution is 2.37. The van der Waals surface area contributed by atoms with Crippen LogP contribution in [0.2, 0.25) is 0 Å². The summed E-state index contributed by atoms with van der Waals surface area (Å²) in [6.45, 7) is 19.1. The molecule has 0 atom stereocenters. The number of allylic oxidation sites excluding steroid dienone is 1. The van der Waals surface area contributed by atoms with E-state index in [1.54, 1.807) is 18.3 Å². The molecule has 4 N–H and O–H groups in total. The van der Waals surface area contributed by atoms with E-state index in [1.165, 1.54) is 12.1 Å². The van der Waals surface area contributed by atoms with Gasteiger partial charge in [0.25, 0.3) is 11.8 Å². The molecule has 1 aromatic heterocycles. The largest absolute Gasteiger partial charge is 0.494 e. The maximum Gasteiger partial charge on any atom is 0.259 e. The summed E-state index contributed by atoms with van der Waals surface area (Å²) >= 11 is 0. The normalized spacial score (nSPS) is 12.1. The van der Waals surface area contributed by atoms with Crippen LogP contribution in [0.1, 0.15) is 93.8 Å². The van der Waals surface area contributed by atoms with Crippen LogP contribution in [0.4, 0.5) is 11.4 Å². The van der Waals surface area contributed by atoms with Crippen LogP contribution in [0, 0.1) is 12.3 Å². The molecular formula is C35H47N5O3. The predicted octanol–water partition coefficient (Wildman–Crippen LogP) is 7.39. The molecule has 3 rings (SSSR count). The van der Waals surface area contributed by atoms with E-state index in [1.807, 2.05) is 50.4 Å². The van der Waals surface area contributed by atoms with Crippen molar-refractivity contribution < 1.29 is 14.3 Å². The minimum atomic E-state index is -0.337. The first kappa shape index (κ1) is 33.3. The number of ether oxygens (including phenoxy) is 1. The first-order valence-corrected chi connectivity index (χ1v) is 14.6. The Bertz CT molecular complexity index is 1500. The molecule has 2 amide bonds. The van der Waals surface area contributed by atoms with E-state index >= 15 is 0 Å². The number of aryl methyl sites for hydroxylation is 1. The summed E-state index contributed by atoms with van der Waals surface area (Å²) < 4.78 is 5.76. The summed E-state index contributed by atoms with van der Waals surface area (Å²) in [6, 6.07) is 13.1. The fraction of sp³-hybridized carbons (Fsp3) is 0.400. The summed E-state index contributed by atoms with van der Waals surface area (Å²) in [5.41, 5.74) is 6.42. The van der Waals surface area contributed by atoms with Crippen molar-refractivity contribution in [3.8, 4) is 16.9 Å². The molecule has 8 nitrogen and oxygen atoms in total. The van der Waals surface area contributed by atoms with Crippen molar-refractivity contribution >= 4 is 23.2 Å². The molecule has 0 fully saturated rings. The lowest BCUT2D eigenvalue weighted by Gasteiger charge is -2.26. The Kier molecular flexibility index (Phi) is 10.4. The molecule has 2 aromatic carbocycles. The molecule has 1 heterocycles. The van der Waals surface area contributed by atoms with Gasteiger partial charge in [0.05, 0.1) is 30.2 Å². The van der Waals surface area contributed by atoms with Crippen LogP contribution >= 0.6 is 0 Å². The molecule has 0 saturated heterocycles. The molecule has 0 unspecified atom stereocenters. The monoisotopic (exact) mass is 585 g/mol. The van der Waals surface area contributed by atoms with Gasteiger partial charge in [-0.15, -0.1) is 0 Å². The second-order valence-electron chi connectivity index (χ2n) is 13.2. The SMILES string of the molecule is CC/C(C)=C/N(N)c1cc(C(C)(C)C)cc(C(=O)Nc2cnc(C)c(-c3ccc(C(=O)NCC(C)(C)C)cc3)c2)c1OC. The molecule has 3 aromatic rings. The standard InChI is InChI=1S/C35H47N5O3/c1-11-22(2)20-40(36)30-17-26(35(7,8)9)16-29(31(30)43-10)33(42)39-27-18-28(23(3)37-19-27)24-12-14-25(15-13-24)32(41)38-21-34(4,5)6/h12-20H,11,21,36H2,1-10H3,(H,38,41)(H,39,42)/b22-20+. The lowest BCUT2D eigenvalue weighted by molar-refractivity contribution is 0.0938. The second kappa shape index (κ2) is 13.4. The maximum absolute atomic E-state index is 13.8.